The standard InChI is InChI=1S/C9H13BrN2OS/c1-6(11-2)9(13)12-5-8-7(10)3-4-14-8/h3-4,6,11H,5H2,1-2H3,(H,12,13). The monoisotopic (exact) mass is 276 g/mol. The van der Waals surface area contributed by atoms with Crippen LogP contribution in [-0.2, 0) is 11.3 Å². The Morgan fingerprint density at radius 1 is 1.71 bits per heavy atom. The van der Waals surface area contributed by atoms with Gasteiger partial charge in [-0.25, -0.2) is 0 Å². The van der Waals surface area contributed by atoms with Gasteiger partial charge in [0.25, 0.3) is 0 Å². The van der Waals surface area contributed by atoms with E-state index in [4.69, 9.17) is 0 Å². The van der Waals surface area contributed by atoms with Gasteiger partial charge in [-0.2, -0.15) is 0 Å². The molecule has 0 aromatic carbocycles. The third-order valence-corrected chi connectivity index (χ3v) is 3.87. The summed E-state index contributed by atoms with van der Waals surface area (Å²) in [4.78, 5) is 12.5. The summed E-state index contributed by atoms with van der Waals surface area (Å²) in [5.74, 6) is 0.0211. The van der Waals surface area contributed by atoms with Gasteiger partial charge in [0.1, 0.15) is 0 Å². The summed E-state index contributed by atoms with van der Waals surface area (Å²) in [5, 5.41) is 7.74. The largest absolute Gasteiger partial charge is 0.350 e. The van der Waals surface area contributed by atoms with Crippen molar-refractivity contribution in [1.82, 2.24) is 10.6 Å². The lowest BCUT2D eigenvalue weighted by Gasteiger charge is -2.10. The van der Waals surface area contributed by atoms with Gasteiger partial charge >= 0.3 is 0 Å². The first-order valence-electron chi connectivity index (χ1n) is 4.32. The first kappa shape index (κ1) is 11.7. The van der Waals surface area contributed by atoms with E-state index in [9.17, 15) is 4.79 Å². The summed E-state index contributed by atoms with van der Waals surface area (Å²) in [7, 11) is 1.77. The van der Waals surface area contributed by atoms with Crippen LogP contribution in [0.25, 0.3) is 0 Å². The lowest BCUT2D eigenvalue weighted by atomic mass is 10.3. The SMILES string of the molecule is CNC(C)C(=O)NCc1sccc1Br. The topological polar surface area (TPSA) is 41.1 Å². The Hall–Kier alpha value is -0.390. The Morgan fingerprint density at radius 2 is 2.43 bits per heavy atom. The molecule has 1 unspecified atom stereocenters. The van der Waals surface area contributed by atoms with Crippen molar-refractivity contribution in [2.24, 2.45) is 0 Å². The Balaban J connectivity index is 2.41. The molecule has 0 fully saturated rings. The molecule has 5 heteroatoms. The Labute approximate surface area is 96.0 Å². The van der Waals surface area contributed by atoms with E-state index in [0.29, 0.717) is 6.54 Å². The van der Waals surface area contributed by atoms with Crippen LogP contribution in [-0.4, -0.2) is 19.0 Å². The zero-order valence-electron chi connectivity index (χ0n) is 8.13. The first-order chi connectivity index (χ1) is 6.65. The van der Waals surface area contributed by atoms with Gasteiger partial charge in [-0.1, -0.05) is 0 Å². The average molecular weight is 277 g/mol. The molecule has 0 bridgehead atoms. The minimum atomic E-state index is -0.145. The third kappa shape index (κ3) is 3.08. The number of rotatable bonds is 4. The van der Waals surface area contributed by atoms with Crippen molar-refractivity contribution in [3.8, 4) is 0 Å². The van der Waals surface area contributed by atoms with E-state index in [2.05, 4.69) is 26.6 Å². The van der Waals surface area contributed by atoms with Crippen molar-refractivity contribution in [3.05, 3.63) is 20.8 Å². The molecule has 1 aromatic rings. The molecule has 14 heavy (non-hydrogen) atoms. The molecular weight excluding hydrogens is 264 g/mol. The molecule has 1 rings (SSSR count). The van der Waals surface area contributed by atoms with E-state index in [1.165, 1.54) is 0 Å². The van der Waals surface area contributed by atoms with Gasteiger partial charge in [-0.05, 0) is 41.3 Å². The summed E-state index contributed by atoms with van der Waals surface area (Å²) in [6, 6.07) is 1.84. The molecule has 1 atom stereocenters. The molecule has 1 aromatic heterocycles. The molecule has 0 aliphatic carbocycles. The van der Waals surface area contributed by atoms with E-state index < -0.39 is 0 Å². The minimum absolute atomic E-state index is 0.0211. The second-order valence-corrected chi connectivity index (χ2v) is 4.77. The number of hydrogen-bond donors (Lipinski definition) is 2. The Morgan fingerprint density at radius 3 is 2.93 bits per heavy atom. The molecule has 0 spiro atoms. The van der Waals surface area contributed by atoms with Crippen LogP contribution >= 0.6 is 27.3 Å². The summed E-state index contributed by atoms with van der Waals surface area (Å²) in [5.41, 5.74) is 0. The smallest absolute Gasteiger partial charge is 0.237 e. The number of hydrogen-bond acceptors (Lipinski definition) is 3. The normalized spacial score (nSPS) is 12.5. The van der Waals surface area contributed by atoms with E-state index >= 15 is 0 Å². The molecule has 2 N–H and O–H groups in total. The molecule has 1 heterocycles. The van der Waals surface area contributed by atoms with Gasteiger partial charge in [0, 0.05) is 9.35 Å². The lowest BCUT2D eigenvalue weighted by molar-refractivity contribution is -0.122. The van der Waals surface area contributed by atoms with E-state index in [1.807, 2.05) is 18.4 Å². The summed E-state index contributed by atoms with van der Waals surface area (Å²) in [6.45, 7) is 2.42. The lowest BCUT2D eigenvalue weighted by Crippen LogP contribution is -2.39. The van der Waals surface area contributed by atoms with Crippen LogP contribution in [0.1, 0.15) is 11.8 Å². The molecule has 0 aliphatic heterocycles. The molecule has 1 amide bonds. The van der Waals surface area contributed by atoms with Gasteiger partial charge in [0.15, 0.2) is 0 Å². The zero-order valence-corrected chi connectivity index (χ0v) is 10.5. The second kappa shape index (κ2) is 5.48. The molecule has 0 aliphatic rings. The van der Waals surface area contributed by atoms with Crippen molar-refractivity contribution in [1.29, 1.82) is 0 Å². The maximum Gasteiger partial charge on any atom is 0.237 e. The molecule has 0 radical (unpaired) electrons. The van der Waals surface area contributed by atoms with Gasteiger partial charge in [-0.3, -0.25) is 4.79 Å². The van der Waals surface area contributed by atoms with E-state index in [-0.39, 0.29) is 11.9 Å². The van der Waals surface area contributed by atoms with Crippen LogP contribution in [0.15, 0.2) is 15.9 Å². The fourth-order valence-electron chi connectivity index (χ4n) is 0.903. The first-order valence-corrected chi connectivity index (χ1v) is 5.99. The highest BCUT2D eigenvalue weighted by Gasteiger charge is 2.10. The number of nitrogens with one attached hydrogen (secondary N) is 2. The summed E-state index contributed by atoms with van der Waals surface area (Å²) < 4.78 is 1.06. The van der Waals surface area contributed by atoms with Gasteiger partial charge in [0.2, 0.25) is 5.91 Å². The maximum absolute atomic E-state index is 11.4. The molecule has 0 saturated carbocycles. The average Bonchev–Trinajstić information content (AvgIpc) is 2.59. The van der Waals surface area contributed by atoms with Gasteiger partial charge in [0.05, 0.1) is 12.6 Å². The van der Waals surface area contributed by atoms with Crippen molar-refractivity contribution in [2.75, 3.05) is 7.05 Å². The quantitative estimate of drug-likeness (QED) is 0.880. The highest BCUT2D eigenvalue weighted by Crippen LogP contribution is 2.21. The van der Waals surface area contributed by atoms with Crippen LogP contribution in [0.3, 0.4) is 0 Å². The second-order valence-electron chi connectivity index (χ2n) is 2.92. The Bertz CT molecular complexity index is 314. The summed E-state index contributed by atoms with van der Waals surface area (Å²) >= 11 is 5.04. The fourth-order valence-corrected chi connectivity index (χ4v) is 2.34. The van der Waals surface area contributed by atoms with Crippen molar-refractivity contribution < 1.29 is 4.79 Å². The number of carbonyl (C=O) groups is 1. The van der Waals surface area contributed by atoms with E-state index in [0.717, 1.165) is 9.35 Å². The Kier molecular flexibility index (Phi) is 4.57. The van der Waals surface area contributed by atoms with Crippen molar-refractivity contribution in [2.45, 2.75) is 19.5 Å². The number of likely N-dealkylation sites (N-methyl/N-ethyl adjacent to an activating group) is 1. The molecule has 78 valence electrons. The molecular formula is C9H13BrN2OS. The van der Waals surface area contributed by atoms with Crippen LogP contribution in [0.5, 0.6) is 0 Å². The third-order valence-electron chi connectivity index (χ3n) is 1.94. The van der Waals surface area contributed by atoms with E-state index in [1.54, 1.807) is 18.4 Å². The predicted molar refractivity (Wildman–Crippen MR) is 62.4 cm³/mol. The zero-order chi connectivity index (χ0) is 10.6. The van der Waals surface area contributed by atoms with Gasteiger partial charge in [-0.15, -0.1) is 11.3 Å². The minimum Gasteiger partial charge on any atom is -0.350 e. The number of amides is 1. The highest BCUT2D eigenvalue weighted by molar-refractivity contribution is 9.10. The summed E-state index contributed by atoms with van der Waals surface area (Å²) in [6.07, 6.45) is 0. The van der Waals surface area contributed by atoms with Gasteiger partial charge < -0.3 is 10.6 Å². The predicted octanol–water partition coefficient (Wildman–Crippen LogP) is 1.73. The number of halogens is 1. The van der Waals surface area contributed by atoms with Crippen molar-refractivity contribution in [3.63, 3.8) is 0 Å². The number of thiophene rings is 1. The van der Waals surface area contributed by atoms with Crippen LogP contribution in [0.4, 0.5) is 0 Å². The van der Waals surface area contributed by atoms with Crippen molar-refractivity contribution >= 4 is 33.2 Å². The van der Waals surface area contributed by atoms with Crippen LogP contribution in [0.2, 0.25) is 0 Å². The highest BCUT2D eigenvalue weighted by atomic mass is 79.9. The number of carbonyl (C=O) groups excluding carboxylic acids is 1. The molecule has 3 nitrogen and oxygen atoms in total. The maximum atomic E-state index is 11.4. The van der Waals surface area contributed by atoms with Crippen LogP contribution in [0, 0.1) is 0 Å². The molecule has 0 saturated heterocycles. The van der Waals surface area contributed by atoms with Crippen LogP contribution < -0.4 is 10.6 Å². The fraction of sp³-hybridized carbons (Fsp3) is 0.444.